The number of hydrogen-bond donors (Lipinski definition) is 3. The fourth-order valence-electron chi connectivity index (χ4n) is 4.09. The first-order valence-electron chi connectivity index (χ1n) is 11.0. The molecule has 9 nitrogen and oxygen atoms in total. The Labute approximate surface area is 196 Å². The van der Waals surface area contributed by atoms with Crippen molar-refractivity contribution in [1.82, 2.24) is 15.8 Å². The summed E-state index contributed by atoms with van der Waals surface area (Å²) in [5, 5.41) is 17.9. The zero-order valence-corrected chi connectivity index (χ0v) is 18.6. The van der Waals surface area contributed by atoms with Gasteiger partial charge in [-0.25, -0.2) is 4.79 Å². The van der Waals surface area contributed by atoms with Gasteiger partial charge in [-0.3, -0.25) is 9.59 Å². The van der Waals surface area contributed by atoms with Crippen LogP contribution in [0.15, 0.2) is 59.3 Å². The van der Waals surface area contributed by atoms with Crippen LogP contribution in [0.25, 0.3) is 11.1 Å². The molecule has 2 aromatic carbocycles. The largest absolute Gasteiger partial charge is 0.481 e. The van der Waals surface area contributed by atoms with Crippen LogP contribution in [0.5, 0.6) is 0 Å². The minimum Gasteiger partial charge on any atom is -0.481 e. The standard InChI is InChI=1S/C25H25N3O6/c1-15(10-11-23(29)30)27-24(31)21-14-34-28-22(21)12-26-25(32)33-13-20-18-8-4-2-6-16(18)17-7-3-5-9-19(17)20/h2-9,14-15,20H,10-13H2,1H3,(H,26,32)(H,27,31)(H,29,30). The van der Waals surface area contributed by atoms with E-state index in [4.69, 9.17) is 14.4 Å². The predicted molar refractivity (Wildman–Crippen MR) is 122 cm³/mol. The Kier molecular flexibility index (Phi) is 6.91. The van der Waals surface area contributed by atoms with E-state index in [0.29, 0.717) is 6.42 Å². The summed E-state index contributed by atoms with van der Waals surface area (Å²) in [5.41, 5.74) is 4.93. The lowest BCUT2D eigenvalue weighted by atomic mass is 9.98. The summed E-state index contributed by atoms with van der Waals surface area (Å²) in [6.45, 7) is 1.83. The van der Waals surface area contributed by atoms with Gasteiger partial charge in [0, 0.05) is 18.4 Å². The predicted octanol–water partition coefficient (Wildman–Crippen LogP) is 3.70. The molecule has 1 heterocycles. The maximum Gasteiger partial charge on any atom is 0.407 e. The van der Waals surface area contributed by atoms with Crippen LogP contribution in [0.3, 0.4) is 0 Å². The third kappa shape index (κ3) is 5.09. The van der Waals surface area contributed by atoms with Crippen LogP contribution in [-0.2, 0) is 16.1 Å². The molecule has 9 heteroatoms. The molecule has 1 unspecified atom stereocenters. The topological polar surface area (TPSA) is 131 Å². The number of alkyl carbamates (subject to hydrolysis) is 1. The number of carbonyl (C=O) groups is 3. The maximum atomic E-state index is 12.5. The van der Waals surface area contributed by atoms with Crippen LogP contribution in [0.1, 0.15) is 52.9 Å². The van der Waals surface area contributed by atoms with Crippen molar-refractivity contribution in [2.45, 2.75) is 38.3 Å². The van der Waals surface area contributed by atoms with Crippen molar-refractivity contribution in [2.75, 3.05) is 6.61 Å². The van der Waals surface area contributed by atoms with Crippen LogP contribution in [0.2, 0.25) is 0 Å². The molecule has 34 heavy (non-hydrogen) atoms. The van der Waals surface area contributed by atoms with Gasteiger partial charge in [-0.05, 0) is 35.6 Å². The zero-order chi connectivity index (χ0) is 24.1. The molecule has 0 saturated heterocycles. The number of hydrogen-bond acceptors (Lipinski definition) is 6. The lowest BCUT2D eigenvalue weighted by Crippen LogP contribution is -2.34. The normalized spacial score (nSPS) is 13.0. The molecule has 0 spiro atoms. The SMILES string of the molecule is CC(CCC(=O)O)NC(=O)c1conc1CNC(=O)OCC1c2ccccc2-c2ccccc21. The summed E-state index contributed by atoms with van der Waals surface area (Å²) in [4.78, 5) is 35.5. The number of nitrogens with one attached hydrogen (secondary N) is 2. The second kappa shape index (κ2) is 10.2. The van der Waals surface area contributed by atoms with E-state index in [1.807, 2.05) is 36.4 Å². The zero-order valence-electron chi connectivity index (χ0n) is 18.6. The molecule has 0 bridgehead atoms. The molecular weight excluding hydrogens is 438 g/mol. The highest BCUT2D eigenvalue weighted by Crippen LogP contribution is 2.44. The van der Waals surface area contributed by atoms with Crippen molar-refractivity contribution in [3.05, 3.63) is 77.2 Å². The van der Waals surface area contributed by atoms with Crippen molar-refractivity contribution < 1.29 is 28.8 Å². The molecule has 0 aliphatic heterocycles. The highest BCUT2D eigenvalue weighted by atomic mass is 16.5. The Morgan fingerprint density at radius 3 is 2.38 bits per heavy atom. The first-order valence-corrected chi connectivity index (χ1v) is 11.0. The highest BCUT2D eigenvalue weighted by molar-refractivity contribution is 5.95. The van der Waals surface area contributed by atoms with Crippen LogP contribution >= 0.6 is 0 Å². The van der Waals surface area contributed by atoms with E-state index in [1.54, 1.807) is 6.92 Å². The monoisotopic (exact) mass is 463 g/mol. The van der Waals surface area contributed by atoms with Crippen molar-refractivity contribution in [3.8, 4) is 11.1 Å². The van der Waals surface area contributed by atoms with Crippen LogP contribution in [0, 0.1) is 0 Å². The third-order valence-corrected chi connectivity index (χ3v) is 5.80. The van der Waals surface area contributed by atoms with Gasteiger partial charge in [0.15, 0.2) is 0 Å². The minimum atomic E-state index is -0.931. The molecule has 1 aromatic heterocycles. The van der Waals surface area contributed by atoms with E-state index < -0.39 is 18.0 Å². The van der Waals surface area contributed by atoms with Crippen LogP contribution in [-0.4, -0.2) is 40.9 Å². The Bertz CT molecular complexity index is 1160. The molecule has 1 aliphatic rings. The summed E-state index contributed by atoms with van der Waals surface area (Å²) in [6, 6.07) is 15.8. The third-order valence-electron chi connectivity index (χ3n) is 5.80. The molecule has 0 radical (unpaired) electrons. The number of fused-ring (bicyclic) bond motifs is 3. The Balaban J connectivity index is 1.32. The summed E-state index contributed by atoms with van der Waals surface area (Å²) in [6.07, 6.45) is 0.792. The molecule has 0 fully saturated rings. The smallest absolute Gasteiger partial charge is 0.407 e. The Morgan fingerprint density at radius 1 is 1.09 bits per heavy atom. The fraction of sp³-hybridized carbons (Fsp3) is 0.280. The second-order valence-corrected chi connectivity index (χ2v) is 8.16. The van der Waals surface area contributed by atoms with Gasteiger partial charge >= 0.3 is 12.1 Å². The Hall–Kier alpha value is -4.14. The number of nitrogens with zero attached hydrogens (tertiary/aromatic N) is 1. The summed E-state index contributed by atoms with van der Waals surface area (Å²) in [7, 11) is 0. The van der Waals surface area contributed by atoms with Crippen molar-refractivity contribution >= 4 is 18.0 Å². The molecule has 176 valence electrons. The first kappa shape index (κ1) is 23.0. The molecule has 3 aromatic rings. The summed E-state index contributed by atoms with van der Waals surface area (Å²) >= 11 is 0. The second-order valence-electron chi connectivity index (χ2n) is 8.16. The van der Waals surface area contributed by atoms with Gasteiger partial charge in [-0.2, -0.15) is 0 Å². The number of carbonyl (C=O) groups excluding carboxylic acids is 2. The quantitative estimate of drug-likeness (QED) is 0.441. The number of ether oxygens (including phenoxy) is 1. The van der Waals surface area contributed by atoms with Gasteiger partial charge < -0.3 is 25.0 Å². The number of aromatic nitrogens is 1. The van der Waals surface area contributed by atoms with Gasteiger partial charge in [-0.1, -0.05) is 53.7 Å². The molecule has 0 saturated carbocycles. The molecule has 1 aliphatic carbocycles. The van der Waals surface area contributed by atoms with E-state index in [1.165, 1.54) is 6.26 Å². The lowest BCUT2D eigenvalue weighted by molar-refractivity contribution is -0.137. The number of amides is 2. The van der Waals surface area contributed by atoms with Crippen LogP contribution in [0.4, 0.5) is 4.79 Å². The molecule has 4 rings (SSSR count). The van der Waals surface area contributed by atoms with E-state index in [2.05, 4.69) is 27.9 Å². The number of carboxylic acids is 1. The van der Waals surface area contributed by atoms with E-state index in [-0.39, 0.29) is 42.8 Å². The van der Waals surface area contributed by atoms with Gasteiger partial charge in [0.2, 0.25) is 0 Å². The van der Waals surface area contributed by atoms with Crippen molar-refractivity contribution in [1.29, 1.82) is 0 Å². The van der Waals surface area contributed by atoms with Gasteiger partial charge in [0.05, 0.1) is 6.54 Å². The minimum absolute atomic E-state index is 0.0543. The molecule has 1 atom stereocenters. The summed E-state index contributed by atoms with van der Waals surface area (Å²) in [5.74, 6) is -1.44. The molecule has 3 N–H and O–H groups in total. The van der Waals surface area contributed by atoms with Gasteiger partial charge in [0.25, 0.3) is 5.91 Å². The van der Waals surface area contributed by atoms with E-state index in [9.17, 15) is 14.4 Å². The van der Waals surface area contributed by atoms with Gasteiger partial charge in [-0.15, -0.1) is 0 Å². The molecular formula is C25H25N3O6. The maximum absolute atomic E-state index is 12.5. The lowest BCUT2D eigenvalue weighted by Gasteiger charge is -2.14. The van der Waals surface area contributed by atoms with Crippen molar-refractivity contribution in [3.63, 3.8) is 0 Å². The fourth-order valence-corrected chi connectivity index (χ4v) is 4.09. The Morgan fingerprint density at radius 2 is 1.74 bits per heavy atom. The van der Waals surface area contributed by atoms with Gasteiger partial charge in [0.1, 0.15) is 24.1 Å². The average Bonchev–Trinajstić information content (AvgIpc) is 3.43. The number of aliphatic carboxylic acids is 1. The molecule has 2 amide bonds. The average molecular weight is 463 g/mol. The highest BCUT2D eigenvalue weighted by Gasteiger charge is 2.29. The van der Waals surface area contributed by atoms with E-state index in [0.717, 1.165) is 22.3 Å². The van der Waals surface area contributed by atoms with E-state index >= 15 is 0 Å². The first-order chi connectivity index (χ1) is 16.4. The van der Waals surface area contributed by atoms with Crippen LogP contribution < -0.4 is 10.6 Å². The number of carboxylic acid groups (broad SMARTS) is 1. The van der Waals surface area contributed by atoms with Crippen molar-refractivity contribution in [2.24, 2.45) is 0 Å². The number of benzene rings is 2. The number of rotatable bonds is 9. The summed E-state index contributed by atoms with van der Waals surface area (Å²) < 4.78 is 10.4.